The van der Waals surface area contributed by atoms with E-state index in [9.17, 15) is 0 Å². The lowest BCUT2D eigenvalue weighted by molar-refractivity contribution is -0.0269. The lowest BCUT2D eigenvalue weighted by Gasteiger charge is -2.16. The van der Waals surface area contributed by atoms with Crippen molar-refractivity contribution in [3.63, 3.8) is 0 Å². The molecule has 0 fully saturated rings. The summed E-state index contributed by atoms with van der Waals surface area (Å²) in [6.07, 6.45) is 22.2. The summed E-state index contributed by atoms with van der Waals surface area (Å²) in [4.78, 5) is 0. The molecule has 0 saturated carbocycles. The van der Waals surface area contributed by atoms with Gasteiger partial charge in [0.15, 0.2) is 0 Å². The van der Waals surface area contributed by atoms with Crippen molar-refractivity contribution in [2.45, 2.75) is 136 Å². The Kier molecular flexibility index (Phi) is 20.0. The van der Waals surface area contributed by atoms with Crippen molar-refractivity contribution in [2.75, 3.05) is 13.2 Å². The monoisotopic (exact) mass is 446 g/mol. The van der Waals surface area contributed by atoms with Gasteiger partial charge in [0.1, 0.15) is 0 Å². The van der Waals surface area contributed by atoms with Gasteiger partial charge in [-0.3, -0.25) is 0 Å². The normalized spacial score (nSPS) is 13.3. The van der Waals surface area contributed by atoms with E-state index in [0.717, 1.165) is 25.6 Å². The van der Waals surface area contributed by atoms with Crippen LogP contribution in [0.25, 0.3) is 0 Å². The second kappa shape index (κ2) is 22.0. The van der Waals surface area contributed by atoms with Crippen LogP contribution in [0.3, 0.4) is 0 Å². The Bertz CT molecular complexity index is 487. The topological polar surface area (TPSA) is 18.5 Å². The fourth-order valence-corrected chi connectivity index (χ4v) is 4.13. The summed E-state index contributed by atoms with van der Waals surface area (Å²) in [6.45, 7) is 9.16. The van der Waals surface area contributed by atoms with Crippen molar-refractivity contribution < 1.29 is 9.47 Å². The van der Waals surface area contributed by atoms with Gasteiger partial charge in [-0.15, -0.1) is 0 Å². The predicted molar refractivity (Wildman–Crippen MR) is 140 cm³/mol. The van der Waals surface area contributed by atoms with Crippen LogP contribution in [-0.2, 0) is 16.1 Å². The largest absolute Gasteiger partial charge is 0.379 e. The molecule has 0 N–H and O–H groups in total. The summed E-state index contributed by atoms with van der Waals surface area (Å²) in [6, 6.07) is 10.4. The Morgan fingerprint density at radius 1 is 0.656 bits per heavy atom. The van der Waals surface area contributed by atoms with Gasteiger partial charge in [0.2, 0.25) is 0 Å². The molecule has 0 saturated heterocycles. The fourth-order valence-electron chi connectivity index (χ4n) is 4.13. The zero-order chi connectivity index (χ0) is 23.1. The Morgan fingerprint density at radius 2 is 1.19 bits per heavy atom. The molecule has 0 amide bonds. The van der Waals surface area contributed by atoms with E-state index in [1.165, 1.54) is 102 Å². The van der Waals surface area contributed by atoms with Gasteiger partial charge in [-0.25, -0.2) is 0 Å². The molecular weight excluding hydrogens is 392 g/mol. The van der Waals surface area contributed by atoms with E-state index in [4.69, 9.17) is 9.47 Å². The highest BCUT2D eigenvalue weighted by Gasteiger charge is 2.07. The Labute approximate surface area is 200 Å². The van der Waals surface area contributed by atoms with E-state index in [1.807, 2.05) is 6.07 Å². The van der Waals surface area contributed by atoms with Crippen LogP contribution >= 0.6 is 0 Å². The number of benzene rings is 1. The molecule has 2 heteroatoms. The first kappa shape index (κ1) is 29.2. The molecule has 0 aliphatic rings. The third kappa shape index (κ3) is 17.7. The van der Waals surface area contributed by atoms with E-state index in [1.54, 1.807) is 0 Å². The lowest BCUT2D eigenvalue weighted by Crippen LogP contribution is -2.19. The first-order valence-corrected chi connectivity index (χ1v) is 14.0. The van der Waals surface area contributed by atoms with E-state index in [0.29, 0.717) is 6.61 Å². The zero-order valence-corrected chi connectivity index (χ0v) is 21.8. The van der Waals surface area contributed by atoms with E-state index >= 15 is 0 Å². The second-order valence-electron chi connectivity index (χ2n) is 9.80. The number of hydrogen-bond donors (Lipinski definition) is 0. The van der Waals surface area contributed by atoms with Crippen molar-refractivity contribution in [2.24, 2.45) is 5.92 Å². The maximum absolute atomic E-state index is 5.99. The first-order valence-electron chi connectivity index (χ1n) is 14.0. The van der Waals surface area contributed by atoms with Gasteiger partial charge in [0, 0.05) is 6.61 Å². The van der Waals surface area contributed by atoms with Gasteiger partial charge in [-0.1, -0.05) is 141 Å². The smallest absolute Gasteiger partial charge is 0.0810 e. The molecule has 0 heterocycles. The van der Waals surface area contributed by atoms with Crippen LogP contribution in [0.1, 0.15) is 129 Å². The van der Waals surface area contributed by atoms with Crippen LogP contribution in [0.5, 0.6) is 0 Å². The molecular formula is C30H54O2. The maximum atomic E-state index is 5.99. The van der Waals surface area contributed by atoms with Gasteiger partial charge >= 0.3 is 0 Å². The summed E-state index contributed by atoms with van der Waals surface area (Å²) < 4.78 is 11.9. The summed E-state index contributed by atoms with van der Waals surface area (Å²) in [7, 11) is 0. The van der Waals surface area contributed by atoms with Crippen LogP contribution in [0, 0.1) is 5.92 Å². The van der Waals surface area contributed by atoms with Crippen molar-refractivity contribution in [3.05, 3.63) is 35.9 Å². The summed E-state index contributed by atoms with van der Waals surface area (Å²) in [5.74, 6) is 0.931. The van der Waals surface area contributed by atoms with E-state index < -0.39 is 0 Å². The van der Waals surface area contributed by atoms with E-state index in [-0.39, 0.29) is 6.10 Å². The van der Waals surface area contributed by atoms with Gasteiger partial charge in [-0.2, -0.15) is 0 Å². The predicted octanol–water partition coefficient (Wildman–Crippen LogP) is 9.51. The molecule has 1 aromatic rings. The molecule has 0 aromatic heterocycles. The number of rotatable bonds is 23. The molecule has 1 rings (SSSR count). The fraction of sp³-hybridized carbons (Fsp3) is 0.800. The minimum atomic E-state index is 0.208. The SMILES string of the molecule is CCC(C)CCCCCCCCCCCCCCCOCC(CC)OCc1ccccc1. The highest BCUT2D eigenvalue weighted by atomic mass is 16.5. The second-order valence-corrected chi connectivity index (χ2v) is 9.80. The van der Waals surface area contributed by atoms with Gasteiger partial charge in [0.25, 0.3) is 0 Å². The first-order chi connectivity index (χ1) is 15.8. The Balaban J connectivity index is 1.78. The quantitative estimate of drug-likeness (QED) is 0.156. The molecule has 0 aliphatic carbocycles. The van der Waals surface area contributed by atoms with Crippen molar-refractivity contribution >= 4 is 0 Å². The van der Waals surface area contributed by atoms with Crippen LogP contribution in [0.4, 0.5) is 0 Å². The molecule has 2 atom stereocenters. The maximum Gasteiger partial charge on any atom is 0.0810 e. The van der Waals surface area contributed by atoms with Gasteiger partial charge in [-0.05, 0) is 24.3 Å². The average Bonchev–Trinajstić information content (AvgIpc) is 2.83. The average molecular weight is 447 g/mol. The van der Waals surface area contributed by atoms with Crippen LogP contribution < -0.4 is 0 Å². The zero-order valence-electron chi connectivity index (χ0n) is 21.8. The third-order valence-electron chi connectivity index (χ3n) is 6.77. The minimum absolute atomic E-state index is 0.208. The third-order valence-corrected chi connectivity index (χ3v) is 6.77. The number of ether oxygens (including phenoxy) is 2. The lowest BCUT2D eigenvalue weighted by atomic mass is 9.99. The highest BCUT2D eigenvalue weighted by Crippen LogP contribution is 2.16. The number of hydrogen-bond acceptors (Lipinski definition) is 2. The van der Waals surface area contributed by atoms with Crippen LogP contribution in [-0.4, -0.2) is 19.3 Å². The summed E-state index contributed by atoms with van der Waals surface area (Å²) >= 11 is 0. The number of unbranched alkanes of at least 4 members (excludes halogenated alkanes) is 12. The molecule has 0 aliphatic heterocycles. The van der Waals surface area contributed by atoms with Gasteiger partial charge in [0.05, 0.1) is 19.3 Å². The highest BCUT2D eigenvalue weighted by molar-refractivity contribution is 5.13. The van der Waals surface area contributed by atoms with Crippen LogP contribution in [0.15, 0.2) is 30.3 Å². The van der Waals surface area contributed by atoms with Crippen molar-refractivity contribution in [1.29, 1.82) is 0 Å². The summed E-state index contributed by atoms with van der Waals surface area (Å²) in [5.41, 5.74) is 1.23. The van der Waals surface area contributed by atoms with E-state index in [2.05, 4.69) is 45.0 Å². The molecule has 186 valence electrons. The summed E-state index contributed by atoms with van der Waals surface area (Å²) in [5, 5.41) is 0. The molecule has 2 nitrogen and oxygen atoms in total. The Morgan fingerprint density at radius 3 is 1.72 bits per heavy atom. The molecule has 1 aromatic carbocycles. The molecule has 0 spiro atoms. The minimum Gasteiger partial charge on any atom is -0.379 e. The van der Waals surface area contributed by atoms with Crippen molar-refractivity contribution in [3.8, 4) is 0 Å². The van der Waals surface area contributed by atoms with Gasteiger partial charge < -0.3 is 9.47 Å². The van der Waals surface area contributed by atoms with Crippen LogP contribution in [0.2, 0.25) is 0 Å². The molecule has 0 bridgehead atoms. The Hall–Kier alpha value is -0.860. The molecule has 0 radical (unpaired) electrons. The molecule has 2 unspecified atom stereocenters. The standard InChI is InChI=1S/C30H54O2/c1-4-28(3)22-18-15-13-11-9-7-6-8-10-12-14-16-21-25-31-27-30(5-2)32-26-29-23-19-17-20-24-29/h17,19-20,23-24,28,30H,4-16,18,21-22,25-27H2,1-3H3. The molecule has 32 heavy (non-hydrogen) atoms. The van der Waals surface area contributed by atoms with Crippen molar-refractivity contribution in [1.82, 2.24) is 0 Å².